The maximum absolute atomic E-state index is 13.1. The number of ether oxygens (including phenoxy) is 1. The Bertz CT molecular complexity index is 1240. The van der Waals surface area contributed by atoms with E-state index >= 15 is 0 Å². The van der Waals surface area contributed by atoms with E-state index in [4.69, 9.17) is 16.2 Å². The Morgan fingerprint density at radius 2 is 2.00 bits per heavy atom. The molecule has 3 aromatic rings. The van der Waals surface area contributed by atoms with Gasteiger partial charge in [0, 0.05) is 32.2 Å². The van der Waals surface area contributed by atoms with Gasteiger partial charge >= 0.3 is 0 Å². The largest absolute Gasteiger partial charge is 0.494 e. The predicted octanol–water partition coefficient (Wildman–Crippen LogP) is 0.868. The Hall–Kier alpha value is -3.66. The number of imidazole rings is 1. The van der Waals surface area contributed by atoms with Gasteiger partial charge in [-0.1, -0.05) is 12.2 Å². The smallest absolute Gasteiger partial charge is 0.298 e. The third-order valence-electron chi connectivity index (χ3n) is 4.95. The van der Waals surface area contributed by atoms with Crippen LogP contribution in [-0.4, -0.2) is 44.4 Å². The van der Waals surface area contributed by atoms with Crippen molar-refractivity contribution in [1.29, 1.82) is 0 Å². The standard InChI is InChI=1S/C21H27N7O3/c1-5-28-16(10-13(2)25-28)20(30)24-21-26(3)15-11-14(19(23)29)12-17(31-4)18(15)27(21)9-7-6-8-22/h6-7,10-12H,5,8-9,22H2,1-4H3,(H2,23,29)/b7-6+,24-21?. The first-order valence-corrected chi connectivity index (χ1v) is 9.88. The van der Waals surface area contributed by atoms with Gasteiger partial charge < -0.3 is 25.3 Å². The van der Waals surface area contributed by atoms with Crippen LogP contribution in [0.1, 0.15) is 33.5 Å². The molecule has 2 aromatic heterocycles. The van der Waals surface area contributed by atoms with Crippen molar-refractivity contribution in [3.8, 4) is 5.75 Å². The fraction of sp³-hybridized carbons (Fsp3) is 0.333. The first kappa shape index (κ1) is 22.0. The highest BCUT2D eigenvalue weighted by molar-refractivity contribution is 5.98. The van der Waals surface area contributed by atoms with Crippen LogP contribution in [0.4, 0.5) is 0 Å². The van der Waals surface area contributed by atoms with Crippen LogP contribution < -0.4 is 21.8 Å². The van der Waals surface area contributed by atoms with Crippen LogP contribution in [0, 0.1) is 6.92 Å². The number of benzene rings is 1. The quantitative estimate of drug-likeness (QED) is 0.542. The topological polar surface area (TPSA) is 135 Å². The van der Waals surface area contributed by atoms with Crippen LogP contribution in [-0.2, 0) is 20.1 Å². The van der Waals surface area contributed by atoms with Crippen molar-refractivity contribution in [2.24, 2.45) is 23.5 Å². The number of hydrogen-bond acceptors (Lipinski definition) is 5. The lowest BCUT2D eigenvalue weighted by atomic mass is 10.1. The molecule has 0 bridgehead atoms. The van der Waals surface area contributed by atoms with E-state index in [1.165, 1.54) is 7.11 Å². The molecule has 0 atom stereocenters. The van der Waals surface area contributed by atoms with Gasteiger partial charge in [0.05, 0.1) is 18.3 Å². The predicted molar refractivity (Wildman–Crippen MR) is 117 cm³/mol. The summed E-state index contributed by atoms with van der Waals surface area (Å²) in [4.78, 5) is 29.3. The normalized spacial score (nSPS) is 12.2. The number of aromatic nitrogens is 4. The maximum atomic E-state index is 13.1. The van der Waals surface area contributed by atoms with Gasteiger partial charge in [-0.15, -0.1) is 0 Å². The van der Waals surface area contributed by atoms with E-state index in [1.54, 1.807) is 34.5 Å². The summed E-state index contributed by atoms with van der Waals surface area (Å²) in [7, 11) is 3.28. The number of carbonyl (C=O) groups excluding carboxylic acids is 2. The number of allylic oxidation sites excluding steroid dienone is 1. The second-order valence-electron chi connectivity index (χ2n) is 6.99. The second kappa shape index (κ2) is 9.00. The number of hydrogen-bond donors (Lipinski definition) is 2. The fourth-order valence-electron chi connectivity index (χ4n) is 3.50. The number of methoxy groups -OCH3 is 1. The molecule has 0 fully saturated rings. The highest BCUT2D eigenvalue weighted by Crippen LogP contribution is 2.27. The summed E-state index contributed by atoms with van der Waals surface area (Å²) in [6, 6.07) is 4.95. The summed E-state index contributed by atoms with van der Waals surface area (Å²) in [5.74, 6) is -0.543. The minimum Gasteiger partial charge on any atom is -0.494 e. The third kappa shape index (κ3) is 4.15. The average molecular weight is 425 g/mol. The Morgan fingerprint density at radius 3 is 2.61 bits per heavy atom. The number of primary amides is 1. The number of nitrogens with zero attached hydrogens (tertiary/aromatic N) is 5. The Morgan fingerprint density at radius 1 is 1.26 bits per heavy atom. The molecule has 0 saturated heterocycles. The van der Waals surface area contributed by atoms with Gasteiger partial charge in [0.15, 0.2) is 0 Å². The van der Waals surface area contributed by atoms with Gasteiger partial charge in [0.1, 0.15) is 17.0 Å². The second-order valence-corrected chi connectivity index (χ2v) is 6.99. The zero-order valence-corrected chi connectivity index (χ0v) is 18.1. The number of fused-ring (bicyclic) bond motifs is 1. The van der Waals surface area contributed by atoms with Gasteiger partial charge in [0.2, 0.25) is 11.5 Å². The van der Waals surface area contributed by atoms with Gasteiger partial charge in [0.25, 0.3) is 5.91 Å². The number of rotatable bonds is 7. The molecular weight excluding hydrogens is 398 g/mol. The van der Waals surface area contributed by atoms with Crippen LogP contribution in [0.2, 0.25) is 0 Å². The third-order valence-corrected chi connectivity index (χ3v) is 4.95. The average Bonchev–Trinajstić information content (AvgIpc) is 3.26. The van der Waals surface area contributed by atoms with Crippen molar-refractivity contribution in [3.63, 3.8) is 0 Å². The lowest BCUT2D eigenvalue weighted by molar-refractivity contribution is 0.0982. The molecule has 1 aromatic carbocycles. The minimum absolute atomic E-state index is 0.298. The van der Waals surface area contributed by atoms with Gasteiger partial charge in [-0.2, -0.15) is 10.1 Å². The van der Waals surface area contributed by atoms with Crippen LogP contribution in [0.5, 0.6) is 5.75 Å². The molecule has 3 rings (SSSR count). The molecule has 2 heterocycles. The summed E-state index contributed by atoms with van der Waals surface area (Å²) in [6.07, 6.45) is 3.70. The summed E-state index contributed by atoms with van der Waals surface area (Å²) >= 11 is 0. The molecule has 10 heteroatoms. The van der Waals surface area contributed by atoms with E-state index in [2.05, 4.69) is 10.1 Å². The van der Waals surface area contributed by atoms with E-state index in [0.29, 0.717) is 53.3 Å². The van der Waals surface area contributed by atoms with Crippen molar-refractivity contribution in [2.75, 3.05) is 13.7 Å². The molecule has 4 N–H and O–H groups in total. The van der Waals surface area contributed by atoms with Crippen molar-refractivity contribution >= 4 is 22.8 Å². The molecule has 0 aliphatic heterocycles. The molecule has 31 heavy (non-hydrogen) atoms. The molecule has 10 nitrogen and oxygen atoms in total. The molecule has 0 unspecified atom stereocenters. The lowest BCUT2D eigenvalue weighted by Gasteiger charge is -2.08. The number of aryl methyl sites for hydroxylation is 3. The molecule has 0 aliphatic carbocycles. The SMILES string of the molecule is CCn1nc(C)cc1C(=O)N=c1n(C)c2cc(C(N)=O)cc(OC)c2n1C/C=C/CN. The maximum Gasteiger partial charge on any atom is 0.298 e. The Labute approximate surface area is 179 Å². The summed E-state index contributed by atoms with van der Waals surface area (Å²) in [5.41, 5.74) is 14.2. The van der Waals surface area contributed by atoms with Crippen LogP contribution in [0.25, 0.3) is 11.0 Å². The molecule has 2 amide bonds. The Balaban J connectivity index is 2.33. The highest BCUT2D eigenvalue weighted by atomic mass is 16.5. The van der Waals surface area contributed by atoms with Crippen molar-refractivity contribution in [2.45, 2.75) is 26.9 Å². The Kier molecular flexibility index (Phi) is 6.40. The lowest BCUT2D eigenvalue weighted by Crippen LogP contribution is -2.26. The highest BCUT2D eigenvalue weighted by Gasteiger charge is 2.19. The molecule has 0 saturated carbocycles. The van der Waals surface area contributed by atoms with E-state index in [1.807, 2.05) is 30.6 Å². The van der Waals surface area contributed by atoms with E-state index in [9.17, 15) is 9.59 Å². The number of carbonyl (C=O) groups is 2. The molecule has 0 aliphatic rings. The molecule has 0 radical (unpaired) electrons. The van der Waals surface area contributed by atoms with Gasteiger partial charge in [-0.25, -0.2) is 0 Å². The number of amides is 2. The van der Waals surface area contributed by atoms with Gasteiger partial charge in [-0.3, -0.25) is 14.3 Å². The first-order chi connectivity index (χ1) is 14.8. The molecular formula is C21H27N7O3. The van der Waals surface area contributed by atoms with Crippen LogP contribution >= 0.6 is 0 Å². The van der Waals surface area contributed by atoms with Gasteiger partial charge in [-0.05, 0) is 32.0 Å². The first-order valence-electron chi connectivity index (χ1n) is 9.88. The van der Waals surface area contributed by atoms with Crippen molar-refractivity contribution in [3.05, 3.63) is 52.9 Å². The van der Waals surface area contributed by atoms with Crippen LogP contribution in [0.3, 0.4) is 0 Å². The number of nitrogens with two attached hydrogens (primary N) is 2. The fourth-order valence-corrected chi connectivity index (χ4v) is 3.50. The zero-order valence-electron chi connectivity index (χ0n) is 18.1. The van der Waals surface area contributed by atoms with E-state index < -0.39 is 11.8 Å². The summed E-state index contributed by atoms with van der Waals surface area (Å²) < 4.78 is 10.7. The molecule has 164 valence electrons. The molecule has 0 spiro atoms. The van der Waals surface area contributed by atoms with Crippen molar-refractivity contribution < 1.29 is 14.3 Å². The minimum atomic E-state index is -0.576. The monoisotopic (exact) mass is 425 g/mol. The van der Waals surface area contributed by atoms with Crippen molar-refractivity contribution in [1.82, 2.24) is 18.9 Å². The zero-order chi connectivity index (χ0) is 22.7. The van der Waals surface area contributed by atoms with Crippen LogP contribution in [0.15, 0.2) is 35.3 Å². The summed E-state index contributed by atoms with van der Waals surface area (Å²) in [5, 5.41) is 4.32. The van der Waals surface area contributed by atoms with E-state index in [-0.39, 0.29) is 0 Å². The summed E-state index contributed by atoms with van der Waals surface area (Å²) in [6.45, 7) is 5.07. The van der Waals surface area contributed by atoms with E-state index in [0.717, 1.165) is 5.69 Å².